The minimum Gasteiger partial charge on any atom is -0.497 e. The minimum atomic E-state index is -0.204. The second kappa shape index (κ2) is 11.4. The Kier molecular flexibility index (Phi) is 7.83. The van der Waals surface area contributed by atoms with Crippen molar-refractivity contribution in [2.45, 2.75) is 19.0 Å². The number of aryl methyl sites for hydroxylation is 1. The highest BCUT2D eigenvalue weighted by Crippen LogP contribution is 2.44. The van der Waals surface area contributed by atoms with Gasteiger partial charge in [-0.05, 0) is 85.9 Å². The van der Waals surface area contributed by atoms with Gasteiger partial charge in [-0.3, -0.25) is 4.98 Å². The molecule has 0 amide bonds. The highest BCUT2D eigenvalue weighted by atomic mass is 35.5. The van der Waals surface area contributed by atoms with E-state index in [1.807, 2.05) is 48.5 Å². The predicted molar refractivity (Wildman–Crippen MR) is 154 cm³/mol. The van der Waals surface area contributed by atoms with Gasteiger partial charge in [-0.25, -0.2) is 0 Å². The molecule has 2 atom stereocenters. The van der Waals surface area contributed by atoms with Crippen LogP contribution in [0.15, 0.2) is 79.0 Å². The van der Waals surface area contributed by atoms with Crippen molar-refractivity contribution in [1.29, 1.82) is 0 Å². The third-order valence-electron chi connectivity index (χ3n) is 6.58. The van der Waals surface area contributed by atoms with Gasteiger partial charge in [0, 0.05) is 36.1 Å². The Labute approximate surface area is 232 Å². The number of benzene rings is 2. The predicted octanol–water partition coefficient (Wildman–Crippen LogP) is 6.05. The fourth-order valence-corrected chi connectivity index (χ4v) is 5.37. The Balaban J connectivity index is 1.60. The number of methoxy groups -OCH3 is 2. The number of pyridine rings is 1. The minimum absolute atomic E-state index is 0.189. The average molecular weight is 549 g/mol. The van der Waals surface area contributed by atoms with Crippen LogP contribution in [0.5, 0.6) is 11.5 Å². The third kappa shape index (κ3) is 5.07. The summed E-state index contributed by atoms with van der Waals surface area (Å²) in [6.45, 7) is 2.99. The summed E-state index contributed by atoms with van der Waals surface area (Å²) in [5.74, 6) is 1.40. The summed E-state index contributed by atoms with van der Waals surface area (Å²) in [7, 11) is 3.30. The van der Waals surface area contributed by atoms with Gasteiger partial charge < -0.3 is 29.0 Å². The fourth-order valence-electron chi connectivity index (χ4n) is 4.80. The van der Waals surface area contributed by atoms with Gasteiger partial charge in [-0.2, -0.15) is 0 Å². The lowest BCUT2D eigenvalue weighted by Gasteiger charge is -2.29. The van der Waals surface area contributed by atoms with Crippen molar-refractivity contribution in [1.82, 2.24) is 14.9 Å². The van der Waals surface area contributed by atoms with E-state index >= 15 is 0 Å². The van der Waals surface area contributed by atoms with E-state index in [4.69, 9.17) is 38.0 Å². The van der Waals surface area contributed by atoms with Crippen LogP contribution in [0.2, 0.25) is 5.02 Å². The number of nitrogens with zero attached hydrogens (tertiary/aromatic N) is 3. The number of anilines is 1. The molecule has 0 radical (unpaired) electrons. The van der Waals surface area contributed by atoms with Crippen molar-refractivity contribution in [2.24, 2.45) is 0 Å². The zero-order chi connectivity index (χ0) is 26.6. The van der Waals surface area contributed by atoms with E-state index in [1.165, 1.54) is 0 Å². The van der Waals surface area contributed by atoms with Crippen LogP contribution in [-0.2, 0) is 4.74 Å². The Hall–Kier alpha value is -3.59. The molecule has 1 fully saturated rings. The lowest BCUT2D eigenvalue weighted by Crippen LogP contribution is -2.30. The van der Waals surface area contributed by atoms with Crippen LogP contribution < -0.4 is 19.7 Å². The van der Waals surface area contributed by atoms with Crippen molar-refractivity contribution < 1.29 is 14.2 Å². The van der Waals surface area contributed by atoms with E-state index < -0.39 is 0 Å². The van der Waals surface area contributed by atoms with Crippen molar-refractivity contribution >= 4 is 34.6 Å². The van der Waals surface area contributed by atoms with E-state index in [0.29, 0.717) is 29.1 Å². The van der Waals surface area contributed by atoms with E-state index in [2.05, 4.69) is 51.0 Å². The molecule has 38 heavy (non-hydrogen) atoms. The first-order chi connectivity index (χ1) is 18.5. The molecule has 9 heteroatoms. The largest absolute Gasteiger partial charge is 0.497 e. The molecule has 0 aliphatic carbocycles. The zero-order valence-corrected chi connectivity index (χ0v) is 23.0. The normalized spacial score (nSPS) is 16.9. The monoisotopic (exact) mass is 548 g/mol. The highest BCUT2D eigenvalue weighted by Gasteiger charge is 2.42. The van der Waals surface area contributed by atoms with Crippen molar-refractivity contribution in [2.75, 3.05) is 32.3 Å². The van der Waals surface area contributed by atoms with Gasteiger partial charge in [0.2, 0.25) is 0 Å². The maximum Gasteiger partial charge on any atom is 0.174 e. The first-order valence-corrected chi connectivity index (χ1v) is 13.0. The van der Waals surface area contributed by atoms with Crippen LogP contribution >= 0.6 is 23.8 Å². The molecule has 196 valence electrons. The number of ether oxygens (including phenoxy) is 3. The Morgan fingerprint density at radius 3 is 2.45 bits per heavy atom. The summed E-state index contributed by atoms with van der Waals surface area (Å²) in [6, 6.07) is 23.6. The van der Waals surface area contributed by atoms with Gasteiger partial charge in [0.05, 0.1) is 30.5 Å². The molecule has 4 aromatic rings. The lowest BCUT2D eigenvalue weighted by atomic mass is 10.0. The molecule has 0 saturated carbocycles. The van der Waals surface area contributed by atoms with Crippen LogP contribution in [-0.4, -0.2) is 42.1 Å². The summed E-state index contributed by atoms with van der Waals surface area (Å²) in [4.78, 5) is 6.78. The second-order valence-electron chi connectivity index (χ2n) is 8.89. The van der Waals surface area contributed by atoms with Crippen molar-refractivity contribution in [3.05, 3.63) is 101 Å². The standard InChI is InChI=1S/C29H29ClN4O3S/c1-19-7-13-25(33(19)20-8-11-22(36-3)12-9-20)28-27(24-6-4-5-15-31-24)32-29(38)34(28)21-10-14-26(23(30)18-21)37-17-16-35-2/h4-15,18,27-28H,16-17H2,1-3H3,(H,32,38)/t27-,28+/m1/s1. The Bertz CT molecular complexity index is 1410. The van der Waals surface area contributed by atoms with Gasteiger partial charge in [0.15, 0.2) is 5.11 Å². The van der Waals surface area contributed by atoms with E-state index in [9.17, 15) is 0 Å². The highest BCUT2D eigenvalue weighted by molar-refractivity contribution is 7.80. The van der Waals surface area contributed by atoms with Gasteiger partial charge in [0.1, 0.15) is 24.1 Å². The smallest absolute Gasteiger partial charge is 0.174 e. The van der Waals surface area contributed by atoms with Gasteiger partial charge >= 0.3 is 0 Å². The van der Waals surface area contributed by atoms with Crippen LogP contribution in [0.4, 0.5) is 5.69 Å². The molecular formula is C29H29ClN4O3S. The maximum atomic E-state index is 6.66. The number of hydrogen-bond donors (Lipinski definition) is 1. The average Bonchev–Trinajstić information content (AvgIpc) is 3.49. The van der Waals surface area contributed by atoms with Crippen LogP contribution in [0.3, 0.4) is 0 Å². The van der Waals surface area contributed by atoms with Crippen LogP contribution in [0.1, 0.15) is 29.2 Å². The van der Waals surface area contributed by atoms with Crippen molar-refractivity contribution in [3.63, 3.8) is 0 Å². The third-order valence-corrected chi connectivity index (χ3v) is 7.19. The SMILES string of the molecule is COCCOc1ccc(N2C(=S)N[C@H](c3ccccn3)[C@@H]2c2ccc(C)n2-c2ccc(OC)cc2)cc1Cl. The number of hydrogen-bond acceptors (Lipinski definition) is 5. The number of nitrogens with one attached hydrogen (secondary N) is 1. The Morgan fingerprint density at radius 2 is 1.76 bits per heavy atom. The molecule has 3 heterocycles. The quantitative estimate of drug-likeness (QED) is 0.202. The summed E-state index contributed by atoms with van der Waals surface area (Å²) in [6.07, 6.45) is 1.80. The van der Waals surface area contributed by atoms with E-state index in [-0.39, 0.29) is 12.1 Å². The van der Waals surface area contributed by atoms with E-state index in [1.54, 1.807) is 20.4 Å². The fraction of sp³-hybridized carbons (Fsp3) is 0.241. The lowest BCUT2D eigenvalue weighted by molar-refractivity contribution is 0.146. The molecule has 2 aromatic carbocycles. The molecule has 1 saturated heterocycles. The summed E-state index contributed by atoms with van der Waals surface area (Å²) >= 11 is 12.6. The van der Waals surface area contributed by atoms with E-state index in [0.717, 1.165) is 34.2 Å². The number of aromatic nitrogens is 2. The first kappa shape index (κ1) is 26.0. The van der Waals surface area contributed by atoms with Gasteiger partial charge in [0.25, 0.3) is 0 Å². The maximum absolute atomic E-state index is 6.66. The second-order valence-corrected chi connectivity index (χ2v) is 9.68. The van der Waals surface area contributed by atoms with Gasteiger partial charge in [-0.15, -0.1) is 0 Å². The first-order valence-electron chi connectivity index (χ1n) is 12.3. The molecule has 1 aliphatic heterocycles. The number of thiocarbonyl (C=S) groups is 1. The number of halogens is 1. The summed E-state index contributed by atoms with van der Waals surface area (Å²) < 4.78 is 18.5. The van der Waals surface area contributed by atoms with Gasteiger partial charge in [-0.1, -0.05) is 17.7 Å². The zero-order valence-electron chi connectivity index (χ0n) is 21.4. The molecule has 0 unspecified atom stereocenters. The van der Waals surface area contributed by atoms with Crippen molar-refractivity contribution in [3.8, 4) is 17.2 Å². The molecule has 0 spiro atoms. The molecular weight excluding hydrogens is 520 g/mol. The molecule has 5 rings (SSSR count). The van der Waals surface area contributed by atoms with Crippen LogP contribution in [0.25, 0.3) is 5.69 Å². The topological polar surface area (TPSA) is 60.8 Å². The summed E-state index contributed by atoms with van der Waals surface area (Å²) in [5.41, 5.74) is 4.94. The molecule has 2 aromatic heterocycles. The molecule has 1 aliphatic rings. The molecule has 7 nitrogen and oxygen atoms in total. The number of rotatable bonds is 9. The molecule has 1 N–H and O–H groups in total. The molecule has 0 bridgehead atoms. The Morgan fingerprint density at radius 1 is 0.974 bits per heavy atom. The summed E-state index contributed by atoms with van der Waals surface area (Å²) in [5, 5.41) is 4.62. The van der Waals surface area contributed by atoms with Crippen LogP contribution in [0, 0.1) is 6.92 Å².